The lowest BCUT2D eigenvalue weighted by molar-refractivity contribution is 0.0735. The summed E-state index contributed by atoms with van der Waals surface area (Å²) in [5, 5.41) is 0. The van der Waals surface area contributed by atoms with Gasteiger partial charge in [-0.15, -0.1) is 0 Å². The molecule has 0 aliphatic heterocycles. The number of carbonyl (C=O) groups excluding carboxylic acids is 1. The smallest absolute Gasteiger partial charge is 0.170 e. The highest BCUT2D eigenvalue weighted by molar-refractivity contribution is 6.04. The average molecular weight is 289 g/mol. The maximum atomic E-state index is 13.3. The van der Waals surface area contributed by atoms with Gasteiger partial charge in [-0.2, -0.15) is 0 Å². The number of Topliss-reactive ketones (excluding diaryl/α,β-unsaturated/α-hetero) is 1. The lowest BCUT2D eigenvalue weighted by Crippen LogP contribution is -2.38. The summed E-state index contributed by atoms with van der Waals surface area (Å²) in [6.45, 7) is 4.19. The van der Waals surface area contributed by atoms with Gasteiger partial charge in [0.05, 0.1) is 0 Å². The standard InChI is InChI=1S/C20H19NO/c1-14-12-17(18-8-4-5-11-21-18)20(13-14)10-9-15-6-2-3-7-16(15)19(20)22/h2-8,11,17H,1,9-10,12-13H2. The van der Waals surface area contributed by atoms with Crippen molar-refractivity contribution < 1.29 is 4.79 Å². The predicted molar refractivity (Wildman–Crippen MR) is 86.9 cm³/mol. The molecule has 2 atom stereocenters. The van der Waals surface area contributed by atoms with Crippen LogP contribution in [0.25, 0.3) is 0 Å². The molecule has 2 heteroatoms. The fourth-order valence-electron chi connectivity index (χ4n) is 4.30. The molecule has 1 aromatic carbocycles. The van der Waals surface area contributed by atoms with E-state index in [2.05, 4.69) is 23.7 Å². The monoisotopic (exact) mass is 289 g/mol. The van der Waals surface area contributed by atoms with Crippen LogP contribution in [0.3, 0.4) is 0 Å². The molecule has 0 bridgehead atoms. The molecule has 2 aliphatic carbocycles. The van der Waals surface area contributed by atoms with E-state index in [9.17, 15) is 4.79 Å². The van der Waals surface area contributed by atoms with Crippen LogP contribution in [0.15, 0.2) is 60.8 Å². The van der Waals surface area contributed by atoms with Crippen LogP contribution in [0, 0.1) is 5.41 Å². The summed E-state index contributed by atoms with van der Waals surface area (Å²) < 4.78 is 0. The van der Waals surface area contributed by atoms with Crippen LogP contribution >= 0.6 is 0 Å². The first-order valence-electron chi connectivity index (χ1n) is 7.91. The molecule has 2 unspecified atom stereocenters. The molecule has 2 aliphatic rings. The van der Waals surface area contributed by atoms with Gasteiger partial charge in [0.15, 0.2) is 5.78 Å². The first-order valence-corrected chi connectivity index (χ1v) is 7.91. The highest BCUT2D eigenvalue weighted by Gasteiger charge is 2.52. The van der Waals surface area contributed by atoms with E-state index in [1.807, 2.05) is 36.5 Å². The summed E-state index contributed by atoms with van der Waals surface area (Å²) in [7, 11) is 0. The number of ketones is 1. The van der Waals surface area contributed by atoms with Crippen molar-refractivity contribution in [2.24, 2.45) is 5.41 Å². The van der Waals surface area contributed by atoms with E-state index in [0.717, 1.165) is 36.9 Å². The maximum Gasteiger partial charge on any atom is 0.170 e. The van der Waals surface area contributed by atoms with Gasteiger partial charge >= 0.3 is 0 Å². The number of pyridine rings is 1. The Kier molecular flexibility index (Phi) is 3.00. The van der Waals surface area contributed by atoms with Crippen LogP contribution < -0.4 is 0 Å². The third kappa shape index (κ3) is 1.87. The van der Waals surface area contributed by atoms with Gasteiger partial charge < -0.3 is 0 Å². The van der Waals surface area contributed by atoms with Crippen molar-refractivity contribution in [1.29, 1.82) is 0 Å². The van der Waals surface area contributed by atoms with Crippen molar-refractivity contribution >= 4 is 5.78 Å². The first-order chi connectivity index (χ1) is 10.7. The second-order valence-corrected chi connectivity index (χ2v) is 6.58. The molecule has 1 heterocycles. The molecule has 0 amide bonds. The molecule has 22 heavy (non-hydrogen) atoms. The highest BCUT2D eigenvalue weighted by atomic mass is 16.1. The normalized spacial score (nSPS) is 27.2. The Labute approximate surface area is 130 Å². The SMILES string of the molecule is C=C1CC(c2ccccn2)C2(CCc3ccccc3C2=O)C1. The number of rotatable bonds is 1. The summed E-state index contributed by atoms with van der Waals surface area (Å²) in [5.41, 5.74) is 3.98. The van der Waals surface area contributed by atoms with Gasteiger partial charge in [0.25, 0.3) is 0 Å². The van der Waals surface area contributed by atoms with E-state index >= 15 is 0 Å². The molecule has 0 radical (unpaired) electrons. The third-order valence-electron chi connectivity index (χ3n) is 5.32. The fraction of sp³-hybridized carbons (Fsp3) is 0.300. The fourth-order valence-corrected chi connectivity index (χ4v) is 4.30. The van der Waals surface area contributed by atoms with Gasteiger partial charge in [-0.1, -0.05) is 42.5 Å². The second-order valence-electron chi connectivity index (χ2n) is 6.58. The van der Waals surface area contributed by atoms with E-state index < -0.39 is 0 Å². The summed E-state index contributed by atoms with van der Waals surface area (Å²) in [6, 6.07) is 14.0. The number of benzene rings is 1. The van der Waals surface area contributed by atoms with Gasteiger partial charge in [0.1, 0.15) is 0 Å². The van der Waals surface area contributed by atoms with Crippen molar-refractivity contribution in [2.75, 3.05) is 0 Å². The number of hydrogen-bond donors (Lipinski definition) is 0. The van der Waals surface area contributed by atoms with Gasteiger partial charge in [-0.25, -0.2) is 0 Å². The summed E-state index contributed by atoms with van der Waals surface area (Å²) in [4.78, 5) is 17.8. The largest absolute Gasteiger partial charge is 0.294 e. The molecule has 1 spiro atoms. The molecule has 0 N–H and O–H groups in total. The first kappa shape index (κ1) is 13.4. The average Bonchev–Trinajstić information content (AvgIpc) is 2.90. The number of fused-ring (bicyclic) bond motifs is 1. The van der Waals surface area contributed by atoms with E-state index in [4.69, 9.17) is 0 Å². The quantitative estimate of drug-likeness (QED) is 0.731. The van der Waals surface area contributed by atoms with Gasteiger partial charge in [0.2, 0.25) is 0 Å². The second kappa shape index (κ2) is 4.91. The minimum atomic E-state index is -0.334. The Morgan fingerprint density at radius 2 is 1.95 bits per heavy atom. The number of carbonyl (C=O) groups is 1. The van der Waals surface area contributed by atoms with Gasteiger partial charge in [0, 0.05) is 28.8 Å². The minimum absolute atomic E-state index is 0.169. The van der Waals surface area contributed by atoms with Crippen molar-refractivity contribution in [3.05, 3.63) is 77.6 Å². The van der Waals surface area contributed by atoms with Crippen LogP contribution in [0.1, 0.15) is 46.8 Å². The number of aryl methyl sites for hydroxylation is 1. The predicted octanol–water partition coefficient (Wildman–Crippen LogP) is 4.33. The molecule has 1 aromatic heterocycles. The summed E-state index contributed by atoms with van der Waals surface area (Å²) in [6.07, 6.45) is 5.39. The van der Waals surface area contributed by atoms with Crippen LogP contribution in [0.2, 0.25) is 0 Å². The molecule has 1 saturated carbocycles. The lowest BCUT2D eigenvalue weighted by atomic mass is 9.64. The zero-order valence-corrected chi connectivity index (χ0v) is 12.6. The van der Waals surface area contributed by atoms with E-state index in [-0.39, 0.29) is 11.3 Å². The number of nitrogens with zero attached hydrogens (tertiary/aromatic N) is 1. The van der Waals surface area contributed by atoms with E-state index in [0.29, 0.717) is 5.78 Å². The molecule has 2 nitrogen and oxygen atoms in total. The topological polar surface area (TPSA) is 30.0 Å². The van der Waals surface area contributed by atoms with Crippen molar-refractivity contribution in [3.8, 4) is 0 Å². The highest BCUT2D eigenvalue weighted by Crippen LogP contribution is 2.56. The Hall–Kier alpha value is -2.22. The summed E-state index contributed by atoms with van der Waals surface area (Å²) in [5.74, 6) is 0.464. The molecule has 0 saturated heterocycles. The van der Waals surface area contributed by atoms with Crippen LogP contribution in [0.4, 0.5) is 0 Å². The zero-order chi connectivity index (χ0) is 15.2. The molecule has 1 fully saturated rings. The number of allylic oxidation sites excluding steroid dienone is 1. The van der Waals surface area contributed by atoms with Crippen LogP contribution in [-0.2, 0) is 6.42 Å². The van der Waals surface area contributed by atoms with E-state index in [1.54, 1.807) is 0 Å². The molecular formula is C20H19NO. The lowest BCUT2D eigenvalue weighted by Gasteiger charge is -2.37. The van der Waals surface area contributed by atoms with E-state index in [1.165, 1.54) is 11.1 Å². The van der Waals surface area contributed by atoms with Crippen molar-refractivity contribution in [3.63, 3.8) is 0 Å². The molecule has 110 valence electrons. The van der Waals surface area contributed by atoms with Crippen molar-refractivity contribution in [2.45, 2.75) is 31.6 Å². The molecule has 2 aromatic rings. The maximum absolute atomic E-state index is 13.3. The Bertz CT molecular complexity index is 749. The van der Waals surface area contributed by atoms with Crippen LogP contribution in [0.5, 0.6) is 0 Å². The number of aromatic nitrogens is 1. The Morgan fingerprint density at radius 1 is 1.14 bits per heavy atom. The third-order valence-corrected chi connectivity index (χ3v) is 5.32. The van der Waals surface area contributed by atoms with Crippen molar-refractivity contribution in [1.82, 2.24) is 4.98 Å². The Morgan fingerprint density at radius 3 is 2.77 bits per heavy atom. The van der Waals surface area contributed by atoms with Crippen LogP contribution in [-0.4, -0.2) is 10.8 Å². The zero-order valence-electron chi connectivity index (χ0n) is 12.6. The van der Waals surface area contributed by atoms with Gasteiger partial charge in [-0.05, 0) is 43.4 Å². The minimum Gasteiger partial charge on any atom is -0.294 e. The Balaban J connectivity index is 1.83. The van der Waals surface area contributed by atoms with Gasteiger partial charge in [-0.3, -0.25) is 9.78 Å². The summed E-state index contributed by atoms with van der Waals surface area (Å²) >= 11 is 0. The number of hydrogen-bond acceptors (Lipinski definition) is 2. The molecular weight excluding hydrogens is 270 g/mol. The molecule has 4 rings (SSSR count).